The number of ether oxygens (including phenoxy) is 4. The molecule has 266 valence electrons. The van der Waals surface area contributed by atoms with Crippen LogP contribution < -0.4 is 0 Å². The Hall–Kier alpha value is 0.388. The number of hydrogen-bond donors (Lipinski definition) is 4. The molecule has 0 radical (unpaired) electrons. The highest BCUT2D eigenvalue weighted by Crippen LogP contribution is 2.07. The summed E-state index contributed by atoms with van der Waals surface area (Å²) in [6.07, 6.45) is 0.707. The average Bonchev–Trinajstić information content (AvgIpc) is 2.95. The second-order valence-corrected chi connectivity index (χ2v) is 29.6. The van der Waals surface area contributed by atoms with Crippen LogP contribution in [0, 0.1) is 0 Å². The summed E-state index contributed by atoms with van der Waals surface area (Å²) in [5.41, 5.74) is 0. The zero-order valence-corrected chi connectivity index (χ0v) is 34.0. The molecule has 0 fully saturated rings. The second kappa shape index (κ2) is 29.8. The van der Waals surface area contributed by atoms with Gasteiger partial charge in [0.15, 0.2) is 8.32 Å². The maximum atomic E-state index is 8.93. The van der Waals surface area contributed by atoms with Gasteiger partial charge in [-0.2, -0.15) is 0 Å². The monoisotopic (exact) mass is 698 g/mol. The van der Waals surface area contributed by atoms with E-state index < -0.39 is 45.5 Å². The molecule has 0 aliphatic heterocycles. The van der Waals surface area contributed by atoms with Gasteiger partial charge < -0.3 is 57.1 Å². The standard InChI is InChI=1S/C9H22O4Si.C7H18O4Si.C6H16O3Si.C5H14OSi/c1-9(10)7-12-5-6-13-8-14(3,4)11-2;1-10-12(2,3)6-11-5-7(9)4-8;1-8-10(2,3)6-9-5-4-7;1-5-7(3,4)6-2/h9-10H,5-8H2,1-4H3;7-9H,4-6H2,1-3H3;7H,4-6H2,1-3H3;5H2,1-4H3. The van der Waals surface area contributed by atoms with Crippen LogP contribution >= 0.6 is 0 Å². The number of rotatable bonds is 21. The first-order chi connectivity index (χ1) is 19.7. The first kappa shape index (κ1) is 50.2. The Morgan fingerprint density at radius 2 is 0.907 bits per heavy atom. The third kappa shape index (κ3) is 42.4. The second-order valence-electron chi connectivity index (χ2n) is 12.3. The van der Waals surface area contributed by atoms with E-state index in [0.717, 1.165) is 0 Å². The molecule has 16 heteroatoms. The molecule has 0 aliphatic rings. The fourth-order valence-electron chi connectivity index (χ4n) is 1.89. The molecule has 0 amide bonds. The smallest absolute Gasteiger partial charge is 0.211 e. The molecule has 0 saturated heterocycles. The lowest BCUT2D eigenvalue weighted by atomic mass is 10.4. The van der Waals surface area contributed by atoms with Gasteiger partial charge in [0.25, 0.3) is 0 Å². The van der Waals surface area contributed by atoms with Crippen LogP contribution in [-0.4, -0.2) is 159 Å². The van der Waals surface area contributed by atoms with Gasteiger partial charge in [-0.25, -0.2) is 0 Å². The molecule has 0 spiro atoms. The van der Waals surface area contributed by atoms with Crippen LogP contribution in [0.15, 0.2) is 0 Å². The molecule has 0 bridgehead atoms. The molecular weight excluding hydrogens is 629 g/mol. The molecule has 0 saturated carbocycles. The summed E-state index contributed by atoms with van der Waals surface area (Å²) in [4.78, 5) is 0. The summed E-state index contributed by atoms with van der Waals surface area (Å²) in [6.45, 7) is 22.6. The molecule has 2 unspecified atom stereocenters. The number of aliphatic hydroxyl groups excluding tert-OH is 4. The maximum absolute atomic E-state index is 8.93. The van der Waals surface area contributed by atoms with Gasteiger partial charge in [0, 0.05) is 28.4 Å². The van der Waals surface area contributed by atoms with Crippen molar-refractivity contribution >= 4 is 33.3 Å². The molecule has 0 aliphatic carbocycles. The van der Waals surface area contributed by atoms with Crippen molar-refractivity contribution in [3.63, 3.8) is 0 Å². The van der Waals surface area contributed by atoms with Crippen LogP contribution in [0.1, 0.15) is 13.8 Å². The van der Waals surface area contributed by atoms with Gasteiger partial charge in [-0.05, 0) is 65.3 Å². The summed E-state index contributed by atoms with van der Waals surface area (Å²) in [5, 5.41) is 34.7. The van der Waals surface area contributed by atoms with Gasteiger partial charge in [0.1, 0.15) is 6.10 Å². The van der Waals surface area contributed by atoms with E-state index in [-0.39, 0.29) is 19.8 Å². The van der Waals surface area contributed by atoms with Gasteiger partial charge in [-0.15, -0.1) is 0 Å². The predicted octanol–water partition coefficient (Wildman–Crippen LogP) is 2.78. The Balaban J connectivity index is -0.000000242. The summed E-state index contributed by atoms with van der Waals surface area (Å²) >= 11 is 0. The SMILES string of the molecule is CC[Si](C)(C)OC.CO[Si](C)(C)COCC(O)CO.CO[Si](C)(C)COCCO.CO[Si](C)(C)COCCOCC(C)O. The summed E-state index contributed by atoms with van der Waals surface area (Å²) < 4.78 is 41.8. The lowest BCUT2D eigenvalue weighted by molar-refractivity contribution is 0.0151. The summed E-state index contributed by atoms with van der Waals surface area (Å²) in [7, 11) is 0.933. The zero-order valence-electron chi connectivity index (χ0n) is 30.0. The van der Waals surface area contributed by atoms with Crippen molar-refractivity contribution in [2.75, 3.05) is 93.4 Å². The third-order valence-electron chi connectivity index (χ3n) is 5.90. The predicted molar refractivity (Wildman–Crippen MR) is 184 cm³/mol. The molecule has 0 aromatic heterocycles. The van der Waals surface area contributed by atoms with Crippen molar-refractivity contribution in [3.8, 4) is 0 Å². The first-order valence-corrected chi connectivity index (χ1v) is 27.3. The van der Waals surface area contributed by atoms with Crippen LogP contribution in [0.2, 0.25) is 58.4 Å². The topological polar surface area (TPSA) is 155 Å². The normalized spacial score (nSPS) is 13.5. The van der Waals surface area contributed by atoms with Crippen molar-refractivity contribution in [1.29, 1.82) is 0 Å². The molecule has 0 aromatic carbocycles. The Labute approximate surface area is 267 Å². The van der Waals surface area contributed by atoms with Crippen molar-refractivity contribution < 1.29 is 57.1 Å². The Morgan fingerprint density at radius 3 is 1.21 bits per heavy atom. The van der Waals surface area contributed by atoms with Gasteiger partial charge >= 0.3 is 0 Å². The van der Waals surface area contributed by atoms with E-state index in [1.165, 1.54) is 6.04 Å². The van der Waals surface area contributed by atoms with E-state index in [1.54, 1.807) is 35.4 Å². The fourth-order valence-corrected chi connectivity index (χ4v) is 4.41. The van der Waals surface area contributed by atoms with Gasteiger partial charge in [-0.3, -0.25) is 0 Å². The molecule has 0 rings (SSSR count). The largest absolute Gasteiger partial charge is 0.420 e. The Kier molecular flexibility index (Phi) is 34.8. The maximum Gasteiger partial charge on any atom is 0.211 e. The zero-order chi connectivity index (χ0) is 34.6. The molecule has 12 nitrogen and oxygen atoms in total. The van der Waals surface area contributed by atoms with E-state index in [0.29, 0.717) is 45.1 Å². The van der Waals surface area contributed by atoms with E-state index in [9.17, 15) is 0 Å². The highest BCUT2D eigenvalue weighted by atomic mass is 28.4. The molecule has 4 N–H and O–H groups in total. The average molecular weight is 699 g/mol. The molecular formula is C27H70O12Si4. The molecule has 43 heavy (non-hydrogen) atoms. The van der Waals surface area contributed by atoms with E-state index >= 15 is 0 Å². The first-order valence-electron chi connectivity index (χ1n) is 14.8. The summed E-state index contributed by atoms with van der Waals surface area (Å²) in [6, 6.07) is 1.21. The molecule has 0 aromatic rings. The van der Waals surface area contributed by atoms with Crippen LogP contribution in [0.25, 0.3) is 0 Å². The van der Waals surface area contributed by atoms with Gasteiger partial charge in [0.2, 0.25) is 25.0 Å². The minimum absolute atomic E-state index is 0.0915. The van der Waals surface area contributed by atoms with Crippen molar-refractivity contribution in [3.05, 3.63) is 0 Å². The quantitative estimate of drug-likeness (QED) is 0.103. The summed E-state index contributed by atoms with van der Waals surface area (Å²) in [5.74, 6) is 0. The third-order valence-corrected chi connectivity index (χ3v) is 14.7. The van der Waals surface area contributed by atoms with Gasteiger partial charge in [0.05, 0.1) is 71.0 Å². The minimum atomic E-state index is -1.67. The number of aliphatic hydroxyl groups is 4. The highest BCUT2D eigenvalue weighted by molar-refractivity contribution is 6.72. The Morgan fingerprint density at radius 1 is 0.535 bits per heavy atom. The number of hydrogen-bond acceptors (Lipinski definition) is 12. The van der Waals surface area contributed by atoms with E-state index in [1.807, 2.05) is 13.1 Å². The Bertz CT molecular complexity index is 580. The van der Waals surface area contributed by atoms with Crippen molar-refractivity contribution in [1.82, 2.24) is 0 Å². The van der Waals surface area contributed by atoms with Crippen molar-refractivity contribution in [2.45, 2.75) is 84.5 Å². The van der Waals surface area contributed by atoms with Crippen LogP contribution in [0.3, 0.4) is 0 Å². The van der Waals surface area contributed by atoms with Gasteiger partial charge in [-0.1, -0.05) is 6.92 Å². The van der Waals surface area contributed by atoms with Crippen LogP contribution in [0.5, 0.6) is 0 Å². The fraction of sp³-hybridized carbons (Fsp3) is 1.00. The van der Waals surface area contributed by atoms with E-state index in [2.05, 4.69) is 46.2 Å². The van der Waals surface area contributed by atoms with Crippen LogP contribution in [0.4, 0.5) is 0 Å². The van der Waals surface area contributed by atoms with Crippen molar-refractivity contribution in [2.24, 2.45) is 0 Å². The van der Waals surface area contributed by atoms with E-state index in [4.69, 9.17) is 57.1 Å². The van der Waals surface area contributed by atoms with Crippen LogP contribution in [-0.2, 0) is 36.7 Å². The minimum Gasteiger partial charge on any atom is -0.420 e. The molecule has 0 heterocycles. The highest BCUT2D eigenvalue weighted by Gasteiger charge is 2.22. The lowest BCUT2D eigenvalue weighted by Gasteiger charge is -2.20. The lowest BCUT2D eigenvalue weighted by Crippen LogP contribution is -2.37. The molecule has 2 atom stereocenters.